The maximum Gasteiger partial charge on any atom is 0.408 e. The fraction of sp³-hybridized carbons (Fsp3) is 0.320. The van der Waals surface area contributed by atoms with E-state index < -0.39 is 0 Å². The van der Waals surface area contributed by atoms with E-state index in [4.69, 9.17) is 9.72 Å². The van der Waals surface area contributed by atoms with Crippen LogP contribution < -0.4 is 16.0 Å². The molecule has 2 atom stereocenters. The molecule has 1 aliphatic heterocycles. The van der Waals surface area contributed by atoms with E-state index >= 15 is 0 Å². The highest BCUT2D eigenvalue weighted by molar-refractivity contribution is 5.72. The number of hydrogen-bond acceptors (Lipinski definition) is 6. The molecule has 1 fully saturated rings. The van der Waals surface area contributed by atoms with Gasteiger partial charge in [0.15, 0.2) is 0 Å². The SMILES string of the molecule is Cc1cnc(Nc2ccc3c(c2)[C@H]2NC(=O)OC2C3)nc1Nc1cccc2c1CCCC2. The number of alkyl carbamates (subject to hydrolysis) is 1. The molecule has 2 aliphatic carbocycles. The lowest BCUT2D eigenvalue weighted by molar-refractivity contribution is 0.136. The smallest absolute Gasteiger partial charge is 0.408 e. The van der Waals surface area contributed by atoms with Crippen molar-refractivity contribution in [3.05, 3.63) is 70.4 Å². The van der Waals surface area contributed by atoms with Crippen molar-refractivity contribution in [1.29, 1.82) is 0 Å². The Kier molecular flexibility index (Phi) is 4.48. The predicted molar refractivity (Wildman–Crippen MR) is 123 cm³/mol. The summed E-state index contributed by atoms with van der Waals surface area (Å²) in [4.78, 5) is 20.8. The Balaban J connectivity index is 1.25. The summed E-state index contributed by atoms with van der Waals surface area (Å²) < 4.78 is 5.35. The van der Waals surface area contributed by atoms with Gasteiger partial charge in [0.05, 0.1) is 6.04 Å². The Morgan fingerprint density at radius 2 is 2.00 bits per heavy atom. The van der Waals surface area contributed by atoms with Crippen molar-refractivity contribution in [2.24, 2.45) is 0 Å². The van der Waals surface area contributed by atoms with Crippen LogP contribution in [0.1, 0.15) is 46.7 Å². The van der Waals surface area contributed by atoms with E-state index in [0.29, 0.717) is 5.95 Å². The number of anilines is 4. The van der Waals surface area contributed by atoms with Crippen LogP contribution >= 0.6 is 0 Å². The summed E-state index contributed by atoms with van der Waals surface area (Å²) in [5.74, 6) is 1.34. The molecule has 0 spiro atoms. The number of rotatable bonds is 4. The molecule has 1 saturated heterocycles. The molecule has 3 aliphatic rings. The number of hydrogen-bond donors (Lipinski definition) is 3. The quantitative estimate of drug-likeness (QED) is 0.551. The lowest BCUT2D eigenvalue weighted by Gasteiger charge is -2.20. The third kappa shape index (κ3) is 3.34. The maximum absolute atomic E-state index is 11.6. The first-order valence-corrected chi connectivity index (χ1v) is 11.2. The summed E-state index contributed by atoms with van der Waals surface area (Å²) in [5.41, 5.74) is 8.14. The average Bonchev–Trinajstić information content (AvgIpc) is 3.32. The zero-order valence-electron chi connectivity index (χ0n) is 17.9. The Bertz CT molecular complexity index is 1220. The van der Waals surface area contributed by atoms with Gasteiger partial charge in [0.2, 0.25) is 5.95 Å². The third-order valence-electron chi connectivity index (χ3n) is 6.68. The van der Waals surface area contributed by atoms with Gasteiger partial charge >= 0.3 is 6.09 Å². The Labute approximate surface area is 186 Å². The van der Waals surface area contributed by atoms with Crippen molar-refractivity contribution in [2.75, 3.05) is 10.6 Å². The molecule has 1 aromatic heterocycles. The van der Waals surface area contributed by atoms with E-state index in [9.17, 15) is 4.79 Å². The summed E-state index contributed by atoms with van der Waals surface area (Å²) >= 11 is 0. The van der Waals surface area contributed by atoms with Crippen LogP contribution in [0.3, 0.4) is 0 Å². The summed E-state index contributed by atoms with van der Waals surface area (Å²) in [5, 5.41) is 9.77. The van der Waals surface area contributed by atoms with Gasteiger partial charge in [-0.15, -0.1) is 0 Å². The molecule has 32 heavy (non-hydrogen) atoms. The lowest BCUT2D eigenvalue weighted by atomic mass is 9.90. The number of nitrogens with zero attached hydrogens (tertiary/aromatic N) is 2. The second-order valence-corrected chi connectivity index (χ2v) is 8.81. The van der Waals surface area contributed by atoms with Gasteiger partial charge in [-0.1, -0.05) is 18.2 Å². The van der Waals surface area contributed by atoms with Gasteiger partial charge in [-0.2, -0.15) is 4.98 Å². The van der Waals surface area contributed by atoms with Crippen molar-refractivity contribution in [3.63, 3.8) is 0 Å². The van der Waals surface area contributed by atoms with Crippen LogP contribution in [0, 0.1) is 6.92 Å². The zero-order chi connectivity index (χ0) is 21.7. The van der Waals surface area contributed by atoms with E-state index in [1.165, 1.54) is 29.5 Å². The number of aryl methyl sites for hydroxylation is 2. The van der Waals surface area contributed by atoms with Gasteiger partial charge in [0.1, 0.15) is 11.9 Å². The van der Waals surface area contributed by atoms with Gasteiger partial charge in [-0.05, 0) is 73.1 Å². The summed E-state index contributed by atoms with van der Waals surface area (Å²) in [7, 11) is 0. The number of aromatic nitrogens is 2. The first kappa shape index (κ1) is 19.1. The standard InChI is InChI=1S/C25H25N5O2/c1-14-13-26-24(30-23(14)28-20-8-4-6-15-5-2-3-7-18(15)20)27-17-10-9-16-11-21-22(19(16)12-17)29-25(31)32-21/h4,6,8-10,12-13,21-22H,2-3,5,7,11H2,1H3,(H,29,31)(H2,26,27,28,30)/t21?,22-/m1/s1. The fourth-order valence-electron chi connectivity index (χ4n) is 5.05. The molecule has 2 aromatic carbocycles. The molecule has 3 aromatic rings. The van der Waals surface area contributed by atoms with E-state index in [-0.39, 0.29) is 18.2 Å². The fourth-order valence-corrected chi connectivity index (χ4v) is 5.05. The van der Waals surface area contributed by atoms with Crippen LogP contribution in [-0.4, -0.2) is 22.2 Å². The Morgan fingerprint density at radius 3 is 2.94 bits per heavy atom. The number of amides is 1. The maximum atomic E-state index is 11.6. The predicted octanol–water partition coefficient (Wildman–Crippen LogP) is 4.86. The largest absolute Gasteiger partial charge is 0.443 e. The van der Waals surface area contributed by atoms with E-state index in [0.717, 1.165) is 47.6 Å². The van der Waals surface area contributed by atoms with E-state index in [1.807, 2.05) is 19.2 Å². The third-order valence-corrected chi connectivity index (χ3v) is 6.68. The first-order chi connectivity index (χ1) is 15.6. The van der Waals surface area contributed by atoms with Crippen LogP contribution in [0.15, 0.2) is 42.6 Å². The monoisotopic (exact) mass is 427 g/mol. The lowest BCUT2D eigenvalue weighted by Crippen LogP contribution is -2.18. The first-order valence-electron chi connectivity index (χ1n) is 11.2. The second-order valence-electron chi connectivity index (χ2n) is 8.81. The topological polar surface area (TPSA) is 88.2 Å². The molecular weight excluding hydrogens is 402 g/mol. The minimum Gasteiger partial charge on any atom is -0.443 e. The van der Waals surface area contributed by atoms with Crippen LogP contribution in [0.5, 0.6) is 0 Å². The van der Waals surface area contributed by atoms with Gasteiger partial charge in [0.25, 0.3) is 0 Å². The number of nitrogens with one attached hydrogen (secondary N) is 3. The van der Waals surface area contributed by atoms with Crippen molar-refractivity contribution in [1.82, 2.24) is 15.3 Å². The highest BCUT2D eigenvalue weighted by Crippen LogP contribution is 2.38. The van der Waals surface area contributed by atoms with Crippen molar-refractivity contribution in [3.8, 4) is 0 Å². The van der Waals surface area contributed by atoms with Crippen molar-refractivity contribution < 1.29 is 9.53 Å². The molecule has 0 radical (unpaired) electrons. The molecule has 0 saturated carbocycles. The highest BCUT2D eigenvalue weighted by Gasteiger charge is 2.41. The molecule has 6 rings (SSSR count). The molecule has 1 amide bonds. The molecule has 7 heteroatoms. The van der Waals surface area contributed by atoms with Gasteiger partial charge in [-0.25, -0.2) is 9.78 Å². The zero-order valence-corrected chi connectivity index (χ0v) is 17.9. The van der Waals surface area contributed by atoms with Crippen LogP contribution in [-0.2, 0) is 24.0 Å². The normalized spacial score (nSPS) is 20.6. The second kappa shape index (κ2) is 7.51. The molecule has 2 heterocycles. The minimum atomic E-state index is -0.343. The summed E-state index contributed by atoms with van der Waals surface area (Å²) in [6, 6.07) is 12.5. The van der Waals surface area contributed by atoms with Crippen molar-refractivity contribution >= 4 is 29.2 Å². The average molecular weight is 428 g/mol. The number of fused-ring (bicyclic) bond motifs is 4. The molecular formula is C25H25N5O2. The number of carbonyl (C=O) groups is 1. The molecule has 7 nitrogen and oxygen atoms in total. The van der Waals surface area contributed by atoms with Gasteiger partial charge < -0.3 is 20.7 Å². The number of carbonyl (C=O) groups excluding carboxylic acids is 1. The van der Waals surface area contributed by atoms with Crippen LogP contribution in [0.2, 0.25) is 0 Å². The van der Waals surface area contributed by atoms with Crippen molar-refractivity contribution in [2.45, 2.75) is 51.2 Å². The Hall–Kier alpha value is -3.61. The summed E-state index contributed by atoms with van der Waals surface area (Å²) in [6.07, 6.45) is 6.86. The van der Waals surface area contributed by atoms with E-state index in [1.54, 1.807) is 0 Å². The highest BCUT2D eigenvalue weighted by atomic mass is 16.6. The number of benzene rings is 2. The van der Waals surface area contributed by atoms with E-state index in [2.05, 4.69) is 51.3 Å². The molecule has 162 valence electrons. The molecule has 1 unspecified atom stereocenters. The van der Waals surface area contributed by atoms with Gasteiger partial charge in [-0.3, -0.25) is 0 Å². The molecule has 0 bridgehead atoms. The minimum absolute atomic E-state index is 0.0836. The summed E-state index contributed by atoms with van der Waals surface area (Å²) in [6.45, 7) is 2.01. The van der Waals surface area contributed by atoms with Crippen LogP contribution in [0.4, 0.5) is 27.9 Å². The van der Waals surface area contributed by atoms with Crippen LogP contribution in [0.25, 0.3) is 0 Å². The molecule has 3 N–H and O–H groups in total. The van der Waals surface area contributed by atoms with Gasteiger partial charge in [0, 0.05) is 29.6 Å². The Morgan fingerprint density at radius 1 is 1.09 bits per heavy atom. The number of ether oxygens (including phenoxy) is 1.